The van der Waals surface area contributed by atoms with Crippen molar-refractivity contribution >= 4 is 11.6 Å². The highest BCUT2D eigenvalue weighted by molar-refractivity contribution is 6.10. The number of fused-ring (bicyclic) bond motifs is 1. The van der Waals surface area contributed by atoms with Crippen molar-refractivity contribution in [3.8, 4) is 0 Å². The van der Waals surface area contributed by atoms with E-state index in [1.165, 1.54) is 22.8 Å². The van der Waals surface area contributed by atoms with Crippen molar-refractivity contribution in [1.29, 1.82) is 0 Å². The summed E-state index contributed by atoms with van der Waals surface area (Å²) >= 11 is 0. The lowest BCUT2D eigenvalue weighted by atomic mass is 9.75. The largest absolute Gasteiger partial charge is 0.416 e. The molecule has 0 saturated carbocycles. The molecule has 3 aliphatic rings. The van der Waals surface area contributed by atoms with E-state index in [9.17, 15) is 26.7 Å². The highest BCUT2D eigenvalue weighted by Gasteiger charge is 2.46. The first-order valence-corrected chi connectivity index (χ1v) is 13.0. The average molecular weight is 562 g/mol. The zero-order chi connectivity index (χ0) is 28.4. The molecule has 1 amide bonds. The van der Waals surface area contributed by atoms with E-state index in [0.717, 1.165) is 17.5 Å². The van der Waals surface area contributed by atoms with E-state index >= 15 is 0 Å². The summed E-state index contributed by atoms with van der Waals surface area (Å²) in [5.41, 5.74) is 0.106. The first-order valence-electron chi connectivity index (χ1n) is 13.0. The number of carbonyl (C=O) groups excluding carboxylic acids is 1. The number of ether oxygens (including phenoxy) is 1. The fourth-order valence-corrected chi connectivity index (χ4v) is 5.93. The molecule has 40 heavy (non-hydrogen) atoms. The molecule has 2 aromatic carbocycles. The van der Waals surface area contributed by atoms with Crippen molar-refractivity contribution in [2.24, 2.45) is 13.0 Å². The van der Waals surface area contributed by atoms with Gasteiger partial charge in [0.2, 0.25) is 0 Å². The summed E-state index contributed by atoms with van der Waals surface area (Å²) in [6.45, 7) is 1.51. The van der Waals surface area contributed by atoms with Crippen LogP contribution in [-0.2, 0) is 42.9 Å². The van der Waals surface area contributed by atoms with E-state index in [-0.39, 0.29) is 36.3 Å². The highest BCUT2D eigenvalue weighted by Crippen LogP contribution is 2.42. The minimum atomic E-state index is -4.70. The summed E-state index contributed by atoms with van der Waals surface area (Å²) in [6, 6.07) is 9.64. The summed E-state index contributed by atoms with van der Waals surface area (Å²) in [4.78, 5) is 16.3. The number of carbonyl (C=O) groups is 1. The van der Waals surface area contributed by atoms with Crippen LogP contribution in [0.5, 0.6) is 0 Å². The average Bonchev–Trinajstić information content (AvgIpc) is 3.50. The Kier molecular flexibility index (Phi) is 6.26. The number of rotatable bonds is 6. The maximum absolute atomic E-state index is 14.2. The van der Waals surface area contributed by atoms with Crippen molar-refractivity contribution in [1.82, 2.24) is 19.7 Å². The predicted molar refractivity (Wildman–Crippen MR) is 135 cm³/mol. The van der Waals surface area contributed by atoms with E-state index in [0.29, 0.717) is 25.3 Å². The summed E-state index contributed by atoms with van der Waals surface area (Å²) in [5.74, 6) is -3.58. The minimum Gasteiger partial charge on any atom is -0.379 e. The molecule has 0 N–H and O–H groups in total. The number of benzene rings is 2. The summed E-state index contributed by atoms with van der Waals surface area (Å²) in [6.07, 6.45) is -2.54. The van der Waals surface area contributed by atoms with E-state index < -0.39 is 41.4 Å². The second kappa shape index (κ2) is 9.34. The molecule has 2 saturated heterocycles. The third-order valence-electron chi connectivity index (χ3n) is 8.33. The number of amides is 1. The van der Waals surface area contributed by atoms with E-state index in [1.807, 2.05) is 23.7 Å². The molecule has 4 heterocycles. The van der Waals surface area contributed by atoms with Crippen LogP contribution in [0.1, 0.15) is 45.4 Å². The lowest BCUT2D eigenvalue weighted by Crippen LogP contribution is -2.49. The second-order valence-corrected chi connectivity index (χ2v) is 11.2. The van der Waals surface area contributed by atoms with Crippen LogP contribution >= 0.6 is 0 Å². The molecule has 0 radical (unpaired) electrons. The molecule has 12 heteroatoms. The molecule has 0 bridgehead atoms. The van der Waals surface area contributed by atoms with Crippen LogP contribution in [0, 0.1) is 5.92 Å². The number of alkyl halides is 5. The van der Waals surface area contributed by atoms with Gasteiger partial charge in [-0.05, 0) is 41.0 Å². The van der Waals surface area contributed by atoms with Gasteiger partial charge in [0.15, 0.2) is 0 Å². The number of hydrogen-bond donors (Lipinski definition) is 0. The molecule has 3 aromatic rings. The normalized spacial score (nSPS) is 22.0. The predicted octanol–water partition coefficient (Wildman–Crippen LogP) is 4.59. The van der Waals surface area contributed by atoms with Gasteiger partial charge in [-0.2, -0.15) is 13.2 Å². The molecule has 6 rings (SSSR count). The number of likely N-dealkylation sites (tertiary alicyclic amines) is 1. The van der Waals surface area contributed by atoms with Crippen LogP contribution < -0.4 is 4.90 Å². The van der Waals surface area contributed by atoms with Crippen LogP contribution in [0.2, 0.25) is 0 Å². The molecule has 0 aliphatic carbocycles. The zero-order valence-corrected chi connectivity index (χ0v) is 22.0. The van der Waals surface area contributed by atoms with Crippen molar-refractivity contribution in [3.05, 3.63) is 76.4 Å². The van der Waals surface area contributed by atoms with Gasteiger partial charge in [-0.25, -0.2) is 8.78 Å². The summed E-state index contributed by atoms with van der Waals surface area (Å²) < 4.78 is 78.0. The third kappa shape index (κ3) is 4.56. The molecular weight excluding hydrogens is 533 g/mol. The standard InChI is InChI=1S/C28H28F5N5O2/c1-17-10-37(13-27(17,29)30)11-18-6-21-22(23(7-18)28(31,32)33)12-38(25(21)39)20-5-3-4-19(8-20)26(14-40-15-26)9-24-35-34-16-36(24)2/h3-8,16-17H,9-15H2,1-2H3. The molecule has 2 fully saturated rings. The van der Waals surface area contributed by atoms with Crippen LogP contribution in [0.25, 0.3) is 0 Å². The molecular formula is C28H28F5N5O2. The van der Waals surface area contributed by atoms with Gasteiger partial charge in [0, 0.05) is 49.1 Å². The fraction of sp³-hybridized carbons (Fsp3) is 0.464. The van der Waals surface area contributed by atoms with Crippen molar-refractivity contribution < 1.29 is 31.5 Å². The van der Waals surface area contributed by atoms with E-state index in [4.69, 9.17) is 4.74 Å². The van der Waals surface area contributed by atoms with Crippen molar-refractivity contribution in [3.63, 3.8) is 0 Å². The maximum atomic E-state index is 14.2. The van der Waals surface area contributed by atoms with Gasteiger partial charge in [-0.3, -0.25) is 9.69 Å². The van der Waals surface area contributed by atoms with Gasteiger partial charge in [-0.1, -0.05) is 19.1 Å². The molecule has 1 atom stereocenters. The number of hydrogen-bond acceptors (Lipinski definition) is 5. The Labute approximate surface area is 227 Å². The van der Waals surface area contributed by atoms with Crippen LogP contribution in [0.15, 0.2) is 42.7 Å². The Balaban J connectivity index is 1.31. The number of aryl methyl sites for hydroxylation is 1. The Morgan fingerprint density at radius 1 is 1.15 bits per heavy atom. The fourth-order valence-electron chi connectivity index (χ4n) is 5.93. The number of aromatic nitrogens is 3. The summed E-state index contributed by atoms with van der Waals surface area (Å²) in [7, 11) is 1.85. The number of halogens is 5. The first kappa shape index (κ1) is 26.8. The third-order valence-corrected chi connectivity index (χ3v) is 8.33. The zero-order valence-electron chi connectivity index (χ0n) is 22.0. The van der Waals surface area contributed by atoms with Crippen LogP contribution in [0.3, 0.4) is 0 Å². The number of nitrogens with zero attached hydrogens (tertiary/aromatic N) is 5. The molecule has 7 nitrogen and oxygen atoms in total. The van der Waals surface area contributed by atoms with Crippen molar-refractivity contribution in [2.45, 2.75) is 43.9 Å². The lowest BCUT2D eigenvalue weighted by molar-refractivity contribution is -0.138. The van der Waals surface area contributed by atoms with Gasteiger partial charge in [-0.15, -0.1) is 10.2 Å². The van der Waals surface area contributed by atoms with Gasteiger partial charge in [0.1, 0.15) is 12.2 Å². The second-order valence-electron chi connectivity index (χ2n) is 11.2. The Morgan fingerprint density at radius 2 is 1.93 bits per heavy atom. The van der Waals surface area contributed by atoms with Crippen LogP contribution in [-0.4, -0.2) is 57.8 Å². The Hall–Kier alpha value is -3.38. The van der Waals surface area contributed by atoms with Gasteiger partial charge >= 0.3 is 6.18 Å². The van der Waals surface area contributed by atoms with Crippen molar-refractivity contribution in [2.75, 3.05) is 31.2 Å². The Morgan fingerprint density at radius 3 is 2.52 bits per heavy atom. The molecule has 0 spiro atoms. The number of anilines is 1. The molecule has 3 aliphatic heterocycles. The monoisotopic (exact) mass is 561 g/mol. The SMILES string of the molecule is CC1CN(Cc2cc3c(c(C(F)(F)F)c2)CN(c2cccc(C4(Cc5nncn5C)COC4)c2)C3=O)CC1(F)F. The van der Waals surface area contributed by atoms with Crippen LogP contribution in [0.4, 0.5) is 27.6 Å². The quantitative estimate of drug-likeness (QED) is 0.412. The van der Waals surface area contributed by atoms with Gasteiger partial charge < -0.3 is 14.2 Å². The Bertz CT molecular complexity index is 1470. The topological polar surface area (TPSA) is 63.5 Å². The minimum absolute atomic E-state index is 0.0463. The van der Waals surface area contributed by atoms with E-state index in [1.54, 1.807) is 18.5 Å². The highest BCUT2D eigenvalue weighted by atomic mass is 19.4. The lowest BCUT2D eigenvalue weighted by Gasteiger charge is -2.42. The van der Waals surface area contributed by atoms with E-state index in [2.05, 4.69) is 10.2 Å². The molecule has 1 aromatic heterocycles. The van der Waals surface area contributed by atoms with Gasteiger partial charge in [0.05, 0.1) is 31.9 Å². The van der Waals surface area contributed by atoms with Gasteiger partial charge in [0.25, 0.3) is 11.8 Å². The first-order chi connectivity index (χ1) is 18.9. The summed E-state index contributed by atoms with van der Waals surface area (Å²) in [5, 5.41) is 8.11. The molecule has 1 unspecified atom stereocenters. The smallest absolute Gasteiger partial charge is 0.379 e. The molecule has 212 valence electrons. The maximum Gasteiger partial charge on any atom is 0.416 e.